The van der Waals surface area contributed by atoms with Gasteiger partial charge < -0.3 is 14.4 Å². The highest BCUT2D eigenvalue weighted by Crippen LogP contribution is 2.21. The van der Waals surface area contributed by atoms with Crippen LogP contribution in [0.1, 0.15) is 24.4 Å². The zero-order valence-electron chi connectivity index (χ0n) is 11.0. The zero-order valence-corrected chi connectivity index (χ0v) is 11.0. The number of aromatic nitrogens is 2. The van der Waals surface area contributed by atoms with Crippen molar-refractivity contribution in [3.8, 4) is 5.75 Å². The molecule has 102 valence electrons. The van der Waals surface area contributed by atoms with Gasteiger partial charge in [0, 0.05) is 37.5 Å². The Morgan fingerprint density at radius 2 is 2.26 bits per heavy atom. The van der Waals surface area contributed by atoms with Crippen LogP contribution < -0.4 is 4.74 Å². The fourth-order valence-corrected chi connectivity index (χ4v) is 1.83. The number of aliphatic hydroxyl groups excluding tert-OH is 1. The molecule has 0 aliphatic rings. The van der Waals surface area contributed by atoms with Crippen LogP contribution in [-0.2, 0) is 13.5 Å². The van der Waals surface area contributed by atoms with Crippen LogP contribution >= 0.6 is 0 Å². The first-order valence-corrected chi connectivity index (χ1v) is 6.14. The number of rotatable bonds is 5. The number of nitrogens with zero attached hydrogens (tertiary/aromatic N) is 2. The maximum absolute atomic E-state index is 13.6. The van der Waals surface area contributed by atoms with Crippen LogP contribution in [-0.4, -0.2) is 21.3 Å². The van der Waals surface area contributed by atoms with Crippen LogP contribution in [0.5, 0.6) is 5.75 Å². The average Bonchev–Trinajstić information content (AvgIpc) is 2.75. The van der Waals surface area contributed by atoms with E-state index in [0.29, 0.717) is 18.8 Å². The Bertz CT molecular complexity index is 552. The van der Waals surface area contributed by atoms with Gasteiger partial charge in [-0.3, -0.25) is 0 Å². The molecule has 1 aromatic heterocycles. The van der Waals surface area contributed by atoms with Gasteiger partial charge in [0.2, 0.25) is 0 Å². The van der Waals surface area contributed by atoms with Crippen LogP contribution in [0.2, 0.25) is 0 Å². The first-order valence-electron chi connectivity index (χ1n) is 6.14. The molecule has 2 rings (SSSR count). The lowest BCUT2D eigenvalue weighted by Crippen LogP contribution is -2.06. The summed E-state index contributed by atoms with van der Waals surface area (Å²) in [4.78, 5) is 4.18. The van der Waals surface area contributed by atoms with E-state index in [9.17, 15) is 9.50 Å². The largest absolute Gasteiger partial charge is 0.493 e. The van der Waals surface area contributed by atoms with Gasteiger partial charge in [0.05, 0.1) is 12.7 Å². The Labute approximate surface area is 111 Å². The van der Waals surface area contributed by atoms with E-state index in [1.54, 1.807) is 12.3 Å². The Kier molecular flexibility index (Phi) is 4.16. The summed E-state index contributed by atoms with van der Waals surface area (Å²) in [5, 5.41) is 9.34. The second-order valence-electron chi connectivity index (χ2n) is 4.41. The fraction of sp³-hybridized carbons (Fsp3) is 0.357. The number of aliphatic hydroxyl groups is 1. The van der Waals surface area contributed by atoms with E-state index in [2.05, 4.69) is 4.98 Å². The van der Waals surface area contributed by atoms with Gasteiger partial charge in [-0.05, 0) is 19.1 Å². The standard InChI is InChI=1S/C14H17FN2O2/c1-10(18)12-4-3-11(9-13(12)15)19-8-5-14-16-6-7-17(14)2/h3-4,6-7,9-10,18H,5,8H2,1-2H3/t10-/m1/s1. The summed E-state index contributed by atoms with van der Waals surface area (Å²) in [6.07, 6.45) is 3.43. The van der Waals surface area contributed by atoms with Crippen molar-refractivity contribution in [2.45, 2.75) is 19.4 Å². The number of hydrogen-bond acceptors (Lipinski definition) is 3. The highest BCUT2D eigenvalue weighted by Gasteiger charge is 2.09. The van der Waals surface area contributed by atoms with E-state index in [-0.39, 0.29) is 5.56 Å². The lowest BCUT2D eigenvalue weighted by Gasteiger charge is -2.10. The summed E-state index contributed by atoms with van der Waals surface area (Å²) in [5.41, 5.74) is 0.274. The molecule has 2 aromatic rings. The van der Waals surface area contributed by atoms with Gasteiger partial charge in [0.25, 0.3) is 0 Å². The van der Waals surface area contributed by atoms with Crippen LogP contribution in [0.4, 0.5) is 4.39 Å². The summed E-state index contributed by atoms with van der Waals surface area (Å²) in [6.45, 7) is 1.96. The van der Waals surface area contributed by atoms with Gasteiger partial charge in [-0.1, -0.05) is 0 Å². The molecule has 5 heteroatoms. The summed E-state index contributed by atoms with van der Waals surface area (Å²) < 4.78 is 21.0. The lowest BCUT2D eigenvalue weighted by molar-refractivity contribution is 0.194. The van der Waals surface area contributed by atoms with Gasteiger partial charge in [0.15, 0.2) is 0 Å². The number of aryl methyl sites for hydroxylation is 1. The number of hydrogen-bond donors (Lipinski definition) is 1. The molecule has 4 nitrogen and oxygen atoms in total. The highest BCUT2D eigenvalue weighted by molar-refractivity contribution is 5.30. The van der Waals surface area contributed by atoms with Crippen molar-refractivity contribution in [3.05, 3.63) is 47.8 Å². The summed E-state index contributed by atoms with van der Waals surface area (Å²) in [6, 6.07) is 4.49. The van der Waals surface area contributed by atoms with Crippen molar-refractivity contribution in [3.63, 3.8) is 0 Å². The average molecular weight is 264 g/mol. The predicted molar refractivity (Wildman–Crippen MR) is 69.4 cm³/mol. The van der Waals surface area contributed by atoms with Crippen molar-refractivity contribution in [2.24, 2.45) is 7.05 Å². The molecule has 0 aliphatic carbocycles. The molecule has 0 fully saturated rings. The van der Waals surface area contributed by atoms with E-state index in [1.165, 1.54) is 19.1 Å². The molecule has 1 N–H and O–H groups in total. The molecule has 0 saturated heterocycles. The molecule has 0 spiro atoms. The van der Waals surface area contributed by atoms with Crippen molar-refractivity contribution >= 4 is 0 Å². The first-order chi connectivity index (χ1) is 9.08. The Hall–Kier alpha value is -1.88. The van der Waals surface area contributed by atoms with Gasteiger partial charge in [-0.2, -0.15) is 0 Å². The normalized spacial score (nSPS) is 12.4. The van der Waals surface area contributed by atoms with E-state index in [0.717, 1.165) is 5.82 Å². The molecule has 0 aliphatic heterocycles. The molecular weight excluding hydrogens is 247 g/mol. The van der Waals surface area contributed by atoms with E-state index in [1.807, 2.05) is 17.8 Å². The van der Waals surface area contributed by atoms with Crippen LogP contribution in [0, 0.1) is 5.82 Å². The highest BCUT2D eigenvalue weighted by atomic mass is 19.1. The predicted octanol–water partition coefficient (Wildman–Crippen LogP) is 2.23. The quantitative estimate of drug-likeness (QED) is 0.901. The third kappa shape index (κ3) is 3.32. The van der Waals surface area contributed by atoms with Crippen molar-refractivity contribution in [2.75, 3.05) is 6.61 Å². The topological polar surface area (TPSA) is 47.3 Å². The van der Waals surface area contributed by atoms with E-state index < -0.39 is 11.9 Å². The minimum absolute atomic E-state index is 0.274. The maximum atomic E-state index is 13.6. The molecule has 1 atom stereocenters. The SMILES string of the molecule is C[C@@H](O)c1ccc(OCCc2nccn2C)cc1F. The van der Waals surface area contributed by atoms with E-state index in [4.69, 9.17) is 4.74 Å². The van der Waals surface area contributed by atoms with Crippen molar-refractivity contribution < 1.29 is 14.2 Å². The molecule has 0 radical (unpaired) electrons. The van der Waals surface area contributed by atoms with Crippen LogP contribution in [0.15, 0.2) is 30.6 Å². The Morgan fingerprint density at radius 3 is 2.84 bits per heavy atom. The zero-order chi connectivity index (χ0) is 13.8. The molecule has 1 aromatic carbocycles. The molecule has 0 saturated carbocycles. The second-order valence-corrected chi connectivity index (χ2v) is 4.41. The molecule has 0 bridgehead atoms. The van der Waals surface area contributed by atoms with Crippen LogP contribution in [0.25, 0.3) is 0 Å². The summed E-state index contributed by atoms with van der Waals surface area (Å²) >= 11 is 0. The van der Waals surface area contributed by atoms with Crippen LogP contribution in [0.3, 0.4) is 0 Å². The number of halogens is 1. The molecule has 0 unspecified atom stereocenters. The molecular formula is C14H17FN2O2. The minimum atomic E-state index is -0.818. The Morgan fingerprint density at radius 1 is 1.47 bits per heavy atom. The maximum Gasteiger partial charge on any atom is 0.132 e. The molecule has 19 heavy (non-hydrogen) atoms. The summed E-state index contributed by atoms with van der Waals surface area (Å²) in [5.74, 6) is 0.918. The Balaban J connectivity index is 1.93. The van der Waals surface area contributed by atoms with Gasteiger partial charge in [0.1, 0.15) is 17.4 Å². The lowest BCUT2D eigenvalue weighted by atomic mass is 10.1. The monoisotopic (exact) mass is 264 g/mol. The van der Waals surface area contributed by atoms with Crippen molar-refractivity contribution in [1.29, 1.82) is 0 Å². The smallest absolute Gasteiger partial charge is 0.132 e. The first kappa shape index (κ1) is 13.5. The fourth-order valence-electron chi connectivity index (χ4n) is 1.83. The van der Waals surface area contributed by atoms with Gasteiger partial charge >= 0.3 is 0 Å². The van der Waals surface area contributed by atoms with Crippen molar-refractivity contribution in [1.82, 2.24) is 9.55 Å². The number of imidazole rings is 1. The third-order valence-corrected chi connectivity index (χ3v) is 2.94. The third-order valence-electron chi connectivity index (χ3n) is 2.94. The summed E-state index contributed by atoms with van der Waals surface area (Å²) in [7, 11) is 1.92. The minimum Gasteiger partial charge on any atom is -0.493 e. The van der Waals surface area contributed by atoms with Gasteiger partial charge in [-0.15, -0.1) is 0 Å². The molecule has 0 amide bonds. The number of benzene rings is 1. The second kappa shape index (κ2) is 5.84. The number of ether oxygens (including phenoxy) is 1. The van der Waals surface area contributed by atoms with Gasteiger partial charge in [-0.25, -0.2) is 9.37 Å². The molecule has 1 heterocycles. The van der Waals surface area contributed by atoms with E-state index >= 15 is 0 Å².